The zero-order valence-corrected chi connectivity index (χ0v) is 10.4. The summed E-state index contributed by atoms with van der Waals surface area (Å²) in [4.78, 5) is 9.66. The van der Waals surface area contributed by atoms with Crippen LogP contribution in [0.4, 0.5) is 4.39 Å². The molecule has 0 aliphatic carbocycles. The van der Waals surface area contributed by atoms with Gasteiger partial charge >= 0.3 is 5.97 Å². The number of halogens is 3. The van der Waals surface area contributed by atoms with E-state index < -0.39 is 38.3 Å². The molecule has 0 bridgehead atoms. The van der Waals surface area contributed by atoms with E-state index in [0.717, 1.165) is 12.1 Å². The molecule has 0 spiro atoms. The first-order chi connectivity index (χ1) is 7.75. The van der Waals surface area contributed by atoms with Crippen LogP contribution in [0.25, 0.3) is 0 Å². The number of hydrogen-bond acceptors (Lipinski definition) is 3. The van der Waals surface area contributed by atoms with Crippen LogP contribution in [0.1, 0.15) is 0 Å². The minimum absolute atomic E-state index is 0.327. The molecule has 0 saturated heterocycles. The van der Waals surface area contributed by atoms with Crippen molar-refractivity contribution in [3.05, 3.63) is 28.0 Å². The molecule has 0 aliphatic heterocycles. The van der Waals surface area contributed by atoms with Gasteiger partial charge in [0, 0.05) is 0 Å². The van der Waals surface area contributed by atoms with E-state index in [1.165, 1.54) is 0 Å². The van der Waals surface area contributed by atoms with E-state index in [1.54, 1.807) is 4.72 Å². The molecule has 9 heteroatoms. The predicted octanol–water partition coefficient (Wildman–Crippen LogP) is 1.50. The fraction of sp³-hybridized carbons (Fsp3) is 0.125. The van der Waals surface area contributed by atoms with Crippen LogP contribution in [-0.4, -0.2) is 26.0 Å². The van der Waals surface area contributed by atoms with Gasteiger partial charge in [0.05, 0.1) is 10.0 Å². The number of aliphatic carboxylic acids is 1. The molecule has 94 valence electrons. The van der Waals surface area contributed by atoms with Crippen molar-refractivity contribution >= 4 is 39.2 Å². The van der Waals surface area contributed by atoms with E-state index in [-0.39, 0.29) is 5.02 Å². The minimum atomic E-state index is -4.19. The van der Waals surface area contributed by atoms with E-state index in [2.05, 4.69) is 0 Å². The number of carboxylic acid groups (broad SMARTS) is 1. The Morgan fingerprint density at radius 3 is 2.53 bits per heavy atom. The molecule has 1 aromatic carbocycles. The Labute approximate surface area is 106 Å². The highest BCUT2D eigenvalue weighted by atomic mass is 35.5. The van der Waals surface area contributed by atoms with Gasteiger partial charge in [-0.15, -0.1) is 0 Å². The monoisotopic (exact) mass is 301 g/mol. The number of carbonyl (C=O) groups is 1. The lowest BCUT2D eigenvalue weighted by Gasteiger charge is -2.07. The molecule has 0 saturated carbocycles. The van der Waals surface area contributed by atoms with Gasteiger partial charge in [-0.05, 0) is 12.1 Å². The maximum Gasteiger partial charge on any atom is 0.318 e. The molecule has 0 unspecified atom stereocenters. The van der Waals surface area contributed by atoms with Gasteiger partial charge in [0.1, 0.15) is 11.4 Å². The number of hydrogen-bond donors (Lipinski definition) is 2. The van der Waals surface area contributed by atoms with E-state index >= 15 is 0 Å². The summed E-state index contributed by atoms with van der Waals surface area (Å²) in [6.07, 6.45) is 0. The largest absolute Gasteiger partial charge is 0.480 e. The standard InChI is InChI=1S/C8H6Cl2FNO4S/c9-4-1-2-5(7(10)8(4)11)17(15,16)12-3-6(13)14/h1-2,12H,3H2,(H,13,14). The van der Waals surface area contributed by atoms with Gasteiger partial charge in [-0.3, -0.25) is 4.79 Å². The van der Waals surface area contributed by atoms with Crippen molar-refractivity contribution in [2.24, 2.45) is 0 Å². The topological polar surface area (TPSA) is 83.5 Å². The Morgan fingerprint density at radius 1 is 1.41 bits per heavy atom. The molecule has 0 fully saturated rings. The third-order valence-corrected chi connectivity index (χ3v) is 3.92. The van der Waals surface area contributed by atoms with E-state index in [4.69, 9.17) is 28.3 Å². The first kappa shape index (κ1) is 14.2. The smallest absolute Gasteiger partial charge is 0.318 e. The molecule has 0 aromatic heterocycles. The molecule has 0 heterocycles. The van der Waals surface area contributed by atoms with Crippen LogP contribution in [-0.2, 0) is 14.8 Å². The Hall–Kier alpha value is -0.890. The molecular formula is C8H6Cl2FNO4S. The average molecular weight is 302 g/mol. The summed E-state index contributed by atoms with van der Waals surface area (Å²) in [6, 6.07) is 2.00. The van der Waals surface area contributed by atoms with Crippen molar-refractivity contribution in [1.29, 1.82) is 0 Å². The van der Waals surface area contributed by atoms with Crippen LogP contribution in [0, 0.1) is 5.82 Å². The molecular weight excluding hydrogens is 296 g/mol. The summed E-state index contributed by atoms with van der Waals surface area (Å²) in [7, 11) is -4.19. The summed E-state index contributed by atoms with van der Waals surface area (Å²) in [5.41, 5.74) is 0. The second-order valence-corrected chi connectivity index (χ2v) is 5.41. The lowest BCUT2D eigenvalue weighted by Crippen LogP contribution is -2.29. The normalized spacial score (nSPS) is 11.5. The summed E-state index contributed by atoms with van der Waals surface area (Å²) in [6.45, 7) is -0.830. The third-order valence-electron chi connectivity index (χ3n) is 1.70. The zero-order chi connectivity index (χ0) is 13.2. The Bertz CT molecular complexity index is 561. The van der Waals surface area contributed by atoms with Gasteiger partial charge in [0.15, 0.2) is 5.82 Å². The molecule has 0 amide bonds. The SMILES string of the molecule is O=C(O)CNS(=O)(=O)c1ccc(Cl)c(F)c1Cl. The first-order valence-corrected chi connectivity index (χ1v) is 6.34. The molecule has 2 N–H and O–H groups in total. The minimum Gasteiger partial charge on any atom is -0.480 e. The van der Waals surface area contributed by atoms with Crippen LogP contribution in [0.15, 0.2) is 17.0 Å². The van der Waals surface area contributed by atoms with Crippen LogP contribution in [0.2, 0.25) is 10.0 Å². The highest BCUT2D eigenvalue weighted by Gasteiger charge is 2.22. The molecule has 0 aliphatic rings. The van der Waals surface area contributed by atoms with Crippen molar-refractivity contribution < 1.29 is 22.7 Å². The molecule has 0 radical (unpaired) electrons. The Kier molecular flexibility index (Phi) is 4.31. The van der Waals surface area contributed by atoms with Crippen molar-refractivity contribution in [2.45, 2.75) is 4.90 Å². The van der Waals surface area contributed by atoms with Gasteiger partial charge in [0.2, 0.25) is 10.0 Å². The number of carboxylic acids is 1. The van der Waals surface area contributed by atoms with Crippen LogP contribution >= 0.6 is 23.2 Å². The van der Waals surface area contributed by atoms with Crippen molar-refractivity contribution in [2.75, 3.05) is 6.54 Å². The maximum absolute atomic E-state index is 13.2. The summed E-state index contributed by atoms with van der Waals surface area (Å²) in [5.74, 6) is -2.45. The van der Waals surface area contributed by atoms with Gasteiger partial charge < -0.3 is 5.11 Å². The maximum atomic E-state index is 13.2. The first-order valence-electron chi connectivity index (χ1n) is 4.10. The highest BCUT2D eigenvalue weighted by Crippen LogP contribution is 2.29. The van der Waals surface area contributed by atoms with Crippen LogP contribution < -0.4 is 4.72 Å². The number of rotatable bonds is 4. The van der Waals surface area contributed by atoms with E-state index in [9.17, 15) is 17.6 Å². The lowest BCUT2D eigenvalue weighted by molar-refractivity contribution is -0.135. The Balaban J connectivity index is 3.16. The highest BCUT2D eigenvalue weighted by molar-refractivity contribution is 7.89. The van der Waals surface area contributed by atoms with Gasteiger partial charge in [0.25, 0.3) is 0 Å². The molecule has 1 aromatic rings. The zero-order valence-electron chi connectivity index (χ0n) is 8.08. The predicted molar refractivity (Wildman–Crippen MR) is 59.2 cm³/mol. The number of nitrogens with one attached hydrogen (secondary N) is 1. The second kappa shape index (κ2) is 5.18. The molecule has 1 rings (SSSR count). The number of sulfonamides is 1. The van der Waals surface area contributed by atoms with Gasteiger partial charge in [-0.2, -0.15) is 4.72 Å². The van der Waals surface area contributed by atoms with E-state index in [1.807, 2.05) is 0 Å². The summed E-state index contributed by atoms with van der Waals surface area (Å²) >= 11 is 10.9. The van der Waals surface area contributed by atoms with Crippen molar-refractivity contribution in [3.63, 3.8) is 0 Å². The summed E-state index contributed by atoms with van der Waals surface area (Å²) in [5, 5.41) is 7.33. The molecule has 0 atom stereocenters. The van der Waals surface area contributed by atoms with E-state index in [0.29, 0.717) is 0 Å². The summed E-state index contributed by atoms with van der Waals surface area (Å²) < 4.78 is 38.1. The van der Waals surface area contributed by atoms with Crippen molar-refractivity contribution in [3.8, 4) is 0 Å². The Morgan fingerprint density at radius 2 is 2.00 bits per heavy atom. The van der Waals surface area contributed by atoms with Gasteiger partial charge in [-0.25, -0.2) is 12.8 Å². The van der Waals surface area contributed by atoms with Gasteiger partial charge in [-0.1, -0.05) is 23.2 Å². The third kappa shape index (κ3) is 3.29. The fourth-order valence-corrected chi connectivity index (χ4v) is 2.67. The molecule has 17 heavy (non-hydrogen) atoms. The molecule has 5 nitrogen and oxygen atoms in total. The van der Waals surface area contributed by atoms with Crippen LogP contribution in [0.3, 0.4) is 0 Å². The van der Waals surface area contributed by atoms with Crippen LogP contribution in [0.5, 0.6) is 0 Å². The second-order valence-electron chi connectivity index (χ2n) is 2.89. The quantitative estimate of drug-likeness (QED) is 0.826. The average Bonchev–Trinajstić information content (AvgIpc) is 2.23. The fourth-order valence-electron chi connectivity index (χ4n) is 0.950. The van der Waals surface area contributed by atoms with Crippen molar-refractivity contribution in [1.82, 2.24) is 4.72 Å². The number of benzene rings is 1. The lowest BCUT2D eigenvalue weighted by atomic mass is 10.3.